The molecule has 0 saturated heterocycles. The Morgan fingerprint density at radius 3 is 1.46 bits per heavy atom. The average molecular weight is 457 g/mol. The molecule has 0 aliphatic heterocycles. The van der Waals surface area contributed by atoms with Crippen LogP contribution in [0.1, 0.15) is 6.42 Å². The Hall–Kier alpha value is 0.884. The predicted molar refractivity (Wildman–Crippen MR) is 124 cm³/mol. The van der Waals surface area contributed by atoms with Crippen molar-refractivity contribution in [3.63, 3.8) is 0 Å². The molecule has 0 rings (SSSR count). The molecular formula is C16H44O5Si5. The molecule has 0 aliphatic carbocycles. The molecule has 0 aromatic heterocycles. The summed E-state index contributed by atoms with van der Waals surface area (Å²) in [4.78, 5) is 0. The molecule has 0 aromatic carbocycles. The minimum absolute atomic E-state index is 0.852. The molecular weight excluding hydrogens is 413 g/mol. The number of hydrogen-bond acceptors (Lipinski definition) is 5. The van der Waals surface area contributed by atoms with Gasteiger partial charge in [-0.05, 0) is 76.9 Å². The highest BCUT2D eigenvalue weighted by atomic mass is 28.4. The van der Waals surface area contributed by atoms with Gasteiger partial charge in [0.15, 0.2) is 34.0 Å². The van der Waals surface area contributed by atoms with Crippen LogP contribution in [0.2, 0.25) is 76.6 Å². The third-order valence-corrected chi connectivity index (χ3v) is 21.3. The first-order chi connectivity index (χ1) is 11.7. The molecule has 5 nitrogen and oxygen atoms in total. The first kappa shape index (κ1) is 26.9. The fraction of sp³-hybridized carbons (Fsp3) is 1.00. The van der Waals surface area contributed by atoms with Gasteiger partial charge in [0.05, 0.1) is 0 Å². The van der Waals surface area contributed by atoms with E-state index >= 15 is 0 Å². The van der Waals surface area contributed by atoms with Gasteiger partial charge < -0.3 is 21.5 Å². The summed E-state index contributed by atoms with van der Waals surface area (Å²) >= 11 is 0. The van der Waals surface area contributed by atoms with Crippen LogP contribution in [0.25, 0.3) is 0 Å². The standard InChI is InChI=1S/C16H44O5Si5/c1-17-26(18-2,19-3)14-12-13-24(8,9)21-25(10,11)16-15-23(6,7)20-22(4)5/h22H,12-16H2,1-11H3. The topological polar surface area (TPSA) is 46.2 Å². The Balaban J connectivity index is 4.57. The van der Waals surface area contributed by atoms with Gasteiger partial charge in [-0.3, -0.25) is 0 Å². The Labute approximate surface area is 168 Å². The molecule has 26 heavy (non-hydrogen) atoms. The highest BCUT2D eigenvalue weighted by molar-refractivity contribution is 6.86. The highest BCUT2D eigenvalue weighted by Gasteiger charge is 2.39. The minimum Gasteiger partial charge on any atom is -0.458 e. The van der Waals surface area contributed by atoms with Crippen molar-refractivity contribution in [2.45, 2.75) is 83.0 Å². The van der Waals surface area contributed by atoms with Gasteiger partial charge in [0.25, 0.3) is 0 Å². The largest absolute Gasteiger partial charge is 0.500 e. The molecule has 0 aliphatic rings. The molecule has 0 aromatic rings. The Morgan fingerprint density at radius 1 is 0.615 bits per heavy atom. The first-order valence-electron chi connectivity index (χ1n) is 9.75. The zero-order valence-corrected chi connectivity index (χ0v) is 24.3. The summed E-state index contributed by atoms with van der Waals surface area (Å²) in [5, 5.41) is 0. The van der Waals surface area contributed by atoms with Crippen molar-refractivity contribution in [2.24, 2.45) is 0 Å². The Bertz CT molecular complexity index is 392. The van der Waals surface area contributed by atoms with Crippen molar-refractivity contribution in [3.8, 4) is 0 Å². The molecule has 0 fully saturated rings. The summed E-state index contributed by atoms with van der Waals surface area (Å²) < 4.78 is 29.7. The number of hydrogen-bond donors (Lipinski definition) is 0. The van der Waals surface area contributed by atoms with Gasteiger partial charge in [0, 0.05) is 27.4 Å². The predicted octanol–water partition coefficient (Wildman–Crippen LogP) is 4.89. The second kappa shape index (κ2) is 11.2. The van der Waals surface area contributed by atoms with Crippen LogP contribution in [-0.2, 0) is 21.5 Å². The van der Waals surface area contributed by atoms with E-state index in [1.165, 1.54) is 12.1 Å². The SMILES string of the molecule is CO[Si](CCC[Si](C)(C)O[Si](C)(C)CC[Si](C)(C)O[SiH](C)C)(OC)OC. The molecule has 0 heterocycles. The van der Waals surface area contributed by atoms with E-state index in [0.29, 0.717) is 0 Å². The lowest BCUT2D eigenvalue weighted by atomic mass is 10.6. The van der Waals surface area contributed by atoms with Gasteiger partial charge in [0.2, 0.25) is 0 Å². The maximum absolute atomic E-state index is 6.79. The lowest BCUT2D eigenvalue weighted by Crippen LogP contribution is -2.47. The summed E-state index contributed by atoms with van der Waals surface area (Å²) in [5.74, 6) is 0. The molecule has 0 bridgehead atoms. The molecule has 158 valence electrons. The lowest BCUT2D eigenvalue weighted by molar-refractivity contribution is 0.123. The summed E-state index contributed by atoms with van der Waals surface area (Å²) in [6.45, 7) is 18.7. The van der Waals surface area contributed by atoms with Crippen molar-refractivity contribution in [2.75, 3.05) is 21.3 Å². The molecule has 0 unspecified atom stereocenters. The van der Waals surface area contributed by atoms with E-state index in [9.17, 15) is 0 Å². The zero-order valence-electron chi connectivity index (χ0n) is 19.2. The number of rotatable bonds is 14. The fourth-order valence-electron chi connectivity index (χ4n) is 3.44. The van der Waals surface area contributed by atoms with E-state index < -0.39 is 42.8 Å². The van der Waals surface area contributed by atoms with Crippen LogP contribution < -0.4 is 0 Å². The first-order valence-corrected chi connectivity index (χ1v) is 23.8. The molecule has 0 atom stereocenters. The summed E-state index contributed by atoms with van der Waals surface area (Å²) in [6.07, 6.45) is 1.04. The van der Waals surface area contributed by atoms with Gasteiger partial charge in [-0.25, -0.2) is 0 Å². The molecule has 0 saturated carbocycles. The van der Waals surface area contributed by atoms with Gasteiger partial charge >= 0.3 is 8.80 Å². The van der Waals surface area contributed by atoms with Crippen LogP contribution in [-0.4, -0.2) is 64.1 Å². The van der Waals surface area contributed by atoms with Gasteiger partial charge in [-0.15, -0.1) is 0 Å². The van der Waals surface area contributed by atoms with E-state index in [-0.39, 0.29) is 0 Å². The van der Waals surface area contributed by atoms with Crippen molar-refractivity contribution in [1.82, 2.24) is 0 Å². The smallest absolute Gasteiger partial charge is 0.458 e. The minimum atomic E-state index is -2.46. The van der Waals surface area contributed by atoms with Crippen molar-refractivity contribution in [1.29, 1.82) is 0 Å². The quantitative estimate of drug-likeness (QED) is 0.348. The zero-order chi connectivity index (χ0) is 20.6. The van der Waals surface area contributed by atoms with E-state index in [0.717, 1.165) is 18.5 Å². The third-order valence-electron chi connectivity index (χ3n) is 4.63. The van der Waals surface area contributed by atoms with Crippen LogP contribution in [0.4, 0.5) is 0 Å². The summed E-state index contributed by atoms with van der Waals surface area (Å²) in [7, 11) is -3.27. The summed E-state index contributed by atoms with van der Waals surface area (Å²) in [6, 6.07) is 4.39. The maximum atomic E-state index is 6.79. The second-order valence-electron chi connectivity index (χ2n) is 9.20. The molecule has 0 spiro atoms. The lowest BCUT2D eigenvalue weighted by Gasteiger charge is -2.36. The van der Waals surface area contributed by atoms with Crippen LogP contribution in [0.5, 0.6) is 0 Å². The van der Waals surface area contributed by atoms with Crippen molar-refractivity contribution in [3.05, 3.63) is 0 Å². The van der Waals surface area contributed by atoms with Crippen LogP contribution in [0.15, 0.2) is 0 Å². The molecule has 0 radical (unpaired) electrons. The van der Waals surface area contributed by atoms with E-state index in [2.05, 4.69) is 52.4 Å². The van der Waals surface area contributed by atoms with E-state index in [1.807, 2.05) is 0 Å². The van der Waals surface area contributed by atoms with Crippen LogP contribution in [0, 0.1) is 0 Å². The fourth-order valence-corrected chi connectivity index (χ4v) is 23.7. The Morgan fingerprint density at radius 2 is 1.04 bits per heavy atom. The van der Waals surface area contributed by atoms with Gasteiger partial charge in [0.1, 0.15) is 0 Å². The molecule has 0 amide bonds. The highest BCUT2D eigenvalue weighted by Crippen LogP contribution is 2.29. The van der Waals surface area contributed by atoms with Crippen LogP contribution in [0.3, 0.4) is 0 Å². The normalized spacial score (nSPS) is 14.3. The summed E-state index contributed by atoms with van der Waals surface area (Å²) in [5.41, 5.74) is 0. The average Bonchev–Trinajstić information content (AvgIpc) is 2.48. The van der Waals surface area contributed by atoms with Gasteiger partial charge in [-0.2, -0.15) is 0 Å². The van der Waals surface area contributed by atoms with Crippen molar-refractivity contribution < 1.29 is 21.5 Å². The monoisotopic (exact) mass is 456 g/mol. The third kappa shape index (κ3) is 11.0. The molecule has 0 N–H and O–H groups in total. The Kier molecular flexibility index (Phi) is 11.5. The molecule has 10 heteroatoms. The maximum Gasteiger partial charge on any atom is 0.500 e. The van der Waals surface area contributed by atoms with Crippen molar-refractivity contribution >= 4 is 42.8 Å². The van der Waals surface area contributed by atoms with Crippen LogP contribution >= 0.6 is 0 Å². The van der Waals surface area contributed by atoms with E-state index in [1.54, 1.807) is 21.3 Å². The van der Waals surface area contributed by atoms with Gasteiger partial charge in [-0.1, -0.05) is 0 Å². The van der Waals surface area contributed by atoms with E-state index in [4.69, 9.17) is 21.5 Å². The second-order valence-corrected chi connectivity index (χ2v) is 28.2.